The average molecular weight is 316 g/mol. The highest BCUT2D eigenvalue weighted by molar-refractivity contribution is 5.68. The molecule has 1 saturated heterocycles. The largest absolute Gasteiger partial charge is 0.444 e. The summed E-state index contributed by atoms with van der Waals surface area (Å²) in [6.07, 6.45) is 3.30. The molecule has 0 radical (unpaired) electrons. The fourth-order valence-electron chi connectivity index (χ4n) is 3.27. The molecule has 1 aromatic carbocycles. The van der Waals surface area contributed by atoms with Gasteiger partial charge in [-0.15, -0.1) is 0 Å². The normalized spacial score (nSPS) is 25.3. The summed E-state index contributed by atoms with van der Waals surface area (Å²) >= 11 is 0. The van der Waals surface area contributed by atoms with Crippen LogP contribution in [0, 0.1) is 0 Å². The quantitative estimate of drug-likeness (QED) is 0.927. The molecule has 2 fully saturated rings. The maximum Gasteiger partial charge on any atom is 0.410 e. The molecule has 126 valence electrons. The van der Waals surface area contributed by atoms with Gasteiger partial charge >= 0.3 is 6.09 Å². The van der Waals surface area contributed by atoms with Crippen molar-refractivity contribution in [1.29, 1.82) is 0 Å². The van der Waals surface area contributed by atoms with Crippen LogP contribution in [0.25, 0.3) is 0 Å². The van der Waals surface area contributed by atoms with Crippen LogP contribution in [0.15, 0.2) is 30.3 Å². The highest BCUT2D eigenvalue weighted by Gasteiger charge is 2.36. The second-order valence-electron chi connectivity index (χ2n) is 7.78. The van der Waals surface area contributed by atoms with Gasteiger partial charge in [-0.2, -0.15) is 0 Å². The molecule has 23 heavy (non-hydrogen) atoms. The van der Waals surface area contributed by atoms with Crippen molar-refractivity contribution in [3.63, 3.8) is 0 Å². The third-order valence-electron chi connectivity index (χ3n) is 4.52. The SMILES string of the molecule is CC(C)(C)OC(=O)N1CCC(c2ccccc2)C(NC2CC2)C1. The molecule has 2 atom stereocenters. The van der Waals surface area contributed by atoms with Crippen LogP contribution >= 0.6 is 0 Å². The van der Waals surface area contributed by atoms with Crippen LogP contribution in [-0.4, -0.2) is 41.8 Å². The summed E-state index contributed by atoms with van der Waals surface area (Å²) in [5.41, 5.74) is 0.932. The number of benzene rings is 1. The fraction of sp³-hybridized carbons (Fsp3) is 0.632. The zero-order chi connectivity index (χ0) is 16.4. The van der Waals surface area contributed by atoms with Crippen molar-refractivity contribution in [2.45, 2.75) is 63.6 Å². The van der Waals surface area contributed by atoms with E-state index in [0.717, 1.165) is 19.5 Å². The molecule has 0 bridgehead atoms. The van der Waals surface area contributed by atoms with Gasteiger partial charge < -0.3 is 15.0 Å². The number of carbonyl (C=O) groups excluding carboxylic acids is 1. The smallest absolute Gasteiger partial charge is 0.410 e. The van der Waals surface area contributed by atoms with Gasteiger partial charge in [0.15, 0.2) is 0 Å². The molecule has 1 saturated carbocycles. The molecule has 1 aromatic rings. The Morgan fingerprint density at radius 2 is 1.87 bits per heavy atom. The first-order valence-corrected chi connectivity index (χ1v) is 8.71. The second-order valence-corrected chi connectivity index (χ2v) is 7.78. The summed E-state index contributed by atoms with van der Waals surface area (Å²) in [4.78, 5) is 14.2. The molecule has 1 amide bonds. The van der Waals surface area contributed by atoms with E-state index in [0.29, 0.717) is 18.0 Å². The topological polar surface area (TPSA) is 41.6 Å². The standard InChI is InChI=1S/C19H28N2O2/c1-19(2,3)23-18(22)21-12-11-16(14-7-5-4-6-8-14)17(13-21)20-15-9-10-15/h4-8,15-17,20H,9-13H2,1-3H3. The van der Waals surface area contributed by atoms with E-state index in [4.69, 9.17) is 4.74 Å². The fourth-order valence-corrected chi connectivity index (χ4v) is 3.27. The molecular weight excluding hydrogens is 288 g/mol. The number of amides is 1. The van der Waals surface area contributed by atoms with Crippen molar-refractivity contribution in [3.8, 4) is 0 Å². The molecule has 0 spiro atoms. The minimum Gasteiger partial charge on any atom is -0.444 e. The van der Waals surface area contributed by atoms with Crippen molar-refractivity contribution >= 4 is 6.09 Å². The number of carbonyl (C=O) groups is 1. The van der Waals surface area contributed by atoms with Crippen molar-refractivity contribution in [1.82, 2.24) is 10.2 Å². The summed E-state index contributed by atoms with van der Waals surface area (Å²) in [5.74, 6) is 0.468. The minimum atomic E-state index is -0.438. The van der Waals surface area contributed by atoms with Crippen LogP contribution in [-0.2, 0) is 4.74 Å². The number of nitrogens with one attached hydrogen (secondary N) is 1. The molecule has 2 unspecified atom stereocenters. The highest BCUT2D eigenvalue weighted by atomic mass is 16.6. The third-order valence-corrected chi connectivity index (χ3v) is 4.52. The molecule has 1 heterocycles. The van der Waals surface area contributed by atoms with Crippen LogP contribution in [0.3, 0.4) is 0 Å². The average Bonchev–Trinajstić information content (AvgIpc) is 3.30. The predicted octanol–water partition coefficient (Wildman–Crippen LogP) is 3.53. The van der Waals surface area contributed by atoms with Gasteiger partial charge in [0.25, 0.3) is 0 Å². The molecule has 3 rings (SSSR count). The molecule has 2 aliphatic rings. The minimum absolute atomic E-state index is 0.188. The van der Waals surface area contributed by atoms with Crippen molar-refractivity contribution in [2.24, 2.45) is 0 Å². The summed E-state index contributed by atoms with van der Waals surface area (Å²) in [7, 11) is 0. The Balaban J connectivity index is 1.69. The van der Waals surface area contributed by atoms with Crippen LogP contribution < -0.4 is 5.32 Å². The number of rotatable bonds is 3. The second kappa shape index (κ2) is 6.52. The van der Waals surface area contributed by atoms with Gasteiger partial charge in [-0.25, -0.2) is 4.79 Å². The molecule has 0 aromatic heterocycles. The number of piperidine rings is 1. The van der Waals surface area contributed by atoms with Crippen LogP contribution in [0.5, 0.6) is 0 Å². The van der Waals surface area contributed by atoms with Gasteiger partial charge in [0, 0.05) is 31.1 Å². The van der Waals surface area contributed by atoms with Crippen LogP contribution in [0.4, 0.5) is 4.79 Å². The first-order valence-electron chi connectivity index (χ1n) is 8.71. The highest BCUT2D eigenvalue weighted by Crippen LogP contribution is 2.31. The van der Waals surface area contributed by atoms with Crippen molar-refractivity contribution in [3.05, 3.63) is 35.9 Å². The van der Waals surface area contributed by atoms with Crippen molar-refractivity contribution < 1.29 is 9.53 Å². The molecule has 1 aliphatic heterocycles. The Morgan fingerprint density at radius 1 is 1.17 bits per heavy atom. The van der Waals surface area contributed by atoms with E-state index in [1.807, 2.05) is 25.7 Å². The first kappa shape index (κ1) is 16.3. The number of nitrogens with zero attached hydrogens (tertiary/aromatic N) is 1. The summed E-state index contributed by atoms with van der Waals surface area (Å²) < 4.78 is 5.55. The Bertz CT molecular complexity index is 534. The molecule has 4 nitrogen and oxygen atoms in total. The summed E-state index contributed by atoms with van der Waals surface area (Å²) in [5, 5.41) is 3.74. The van der Waals surface area contributed by atoms with Gasteiger partial charge in [0.2, 0.25) is 0 Å². The van der Waals surface area contributed by atoms with E-state index < -0.39 is 5.60 Å². The van der Waals surface area contributed by atoms with Gasteiger partial charge in [-0.3, -0.25) is 0 Å². The van der Waals surface area contributed by atoms with Gasteiger partial charge in [-0.05, 0) is 45.6 Å². The number of likely N-dealkylation sites (tertiary alicyclic amines) is 1. The number of ether oxygens (including phenoxy) is 1. The zero-order valence-electron chi connectivity index (χ0n) is 14.4. The Hall–Kier alpha value is -1.55. The van der Waals surface area contributed by atoms with E-state index in [-0.39, 0.29) is 6.09 Å². The molecule has 4 heteroatoms. The first-order chi connectivity index (χ1) is 10.9. The van der Waals surface area contributed by atoms with E-state index in [9.17, 15) is 4.79 Å². The van der Waals surface area contributed by atoms with Crippen molar-refractivity contribution in [2.75, 3.05) is 13.1 Å². The lowest BCUT2D eigenvalue weighted by molar-refractivity contribution is 0.0170. The maximum absolute atomic E-state index is 12.4. The Morgan fingerprint density at radius 3 is 2.48 bits per heavy atom. The van der Waals surface area contributed by atoms with E-state index in [1.165, 1.54) is 18.4 Å². The summed E-state index contributed by atoms with van der Waals surface area (Å²) in [6, 6.07) is 11.6. The Labute approximate surface area is 139 Å². The van der Waals surface area contributed by atoms with Gasteiger partial charge in [-0.1, -0.05) is 30.3 Å². The van der Waals surface area contributed by atoms with E-state index in [2.05, 4.69) is 35.6 Å². The summed E-state index contributed by atoms with van der Waals surface area (Å²) in [6.45, 7) is 7.24. The zero-order valence-corrected chi connectivity index (χ0v) is 14.4. The lowest BCUT2D eigenvalue weighted by atomic mass is 9.85. The predicted molar refractivity (Wildman–Crippen MR) is 91.6 cm³/mol. The van der Waals surface area contributed by atoms with Crippen LogP contribution in [0.1, 0.15) is 51.5 Å². The number of hydrogen-bond acceptors (Lipinski definition) is 3. The van der Waals surface area contributed by atoms with Gasteiger partial charge in [0.05, 0.1) is 0 Å². The van der Waals surface area contributed by atoms with Crippen LogP contribution in [0.2, 0.25) is 0 Å². The lowest BCUT2D eigenvalue weighted by Gasteiger charge is -2.40. The molecule has 1 aliphatic carbocycles. The third kappa shape index (κ3) is 4.47. The maximum atomic E-state index is 12.4. The molecular formula is C19H28N2O2. The molecule has 1 N–H and O–H groups in total. The van der Waals surface area contributed by atoms with E-state index in [1.54, 1.807) is 0 Å². The van der Waals surface area contributed by atoms with E-state index >= 15 is 0 Å². The van der Waals surface area contributed by atoms with Gasteiger partial charge in [0.1, 0.15) is 5.60 Å². The number of hydrogen-bond donors (Lipinski definition) is 1. The lowest BCUT2D eigenvalue weighted by Crippen LogP contribution is -2.53. The Kier molecular flexibility index (Phi) is 4.62. The monoisotopic (exact) mass is 316 g/mol.